The summed E-state index contributed by atoms with van der Waals surface area (Å²) in [4.78, 5) is 11.8. The first-order valence-electron chi connectivity index (χ1n) is 7.32. The molecule has 0 radical (unpaired) electrons. The molecule has 0 aliphatic carbocycles. The molecule has 5 nitrogen and oxygen atoms in total. The van der Waals surface area contributed by atoms with E-state index >= 15 is 0 Å². The van der Waals surface area contributed by atoms with Crippen molar-refractivity contribution in [3.8, 4) is 0 Å². The quantitative estimate of drug-likeness (QED) is 0.893. The molecule has 0 aromatic heterocycles. The predicted molar refractivity (Wildman–Crippen MR) is 83.7 cm³/mol. The lowest BCUT2D eigenvalue weighted by Gasteiger charge is -2.20. The van der Waals surface area contributed by atoms with Gasteiger partial charge in [-0.3, -0.25) is 5.32 Å². The average Bonchev–Trinajstić information content (AvgIpc) is 2.73. The minimum atomic E-state index is -0.503. The molecule has 2 rings (SSSR count). The number of anilines is 2. The number of rotatable bonds is 3. The summed E-state index contributed by atoms with van der Waals surface area (Å²) in [6, 6.07) is 7.92. The predicted octanol–water partition coefficient (Wildman–Crippen LogP) is 3.62. The first-order valence-corrected chi connectivity index (χ1v) is 7.32. The van der Waals surface area contributed by atoms with Crippen LogP contribution in [0, 0.1) is 0 Å². The topological polar surface area (TPSA) is 59.6 Å². The number of carbonyl (C=O) groups is 1. The van der Waals surface area contributed by atoms with Gasteiger partial charge in [-0.15, -0.1) is 0 Å². The summed E-state index contributed by atoms with van der Waals surface area (Å²) < 4.78 is 10.8. The second kappa shape index (κ2) is 6.35. The standard InChI is InChI=1S/C16H24N2O3/c1-11-14(8-9-20-11)17-12-6-5-7-13(10-12)18-15(19)21-16(2,3)4/h5-7,10-11,14,17H,8-9H2,1-4H3,(H,18,19). The molecule has 21 heavy (non-hydrogen) atoms. The molecule has 2 atom stereocenters. The van der Waals surface area contributed by atoms with Crippen molar-refractivity contribution in [1.82, 2.24) is 0 Å². The van der Waals surface area contributed by atoms with Gasteiger partial charge in [-0.2, -0.15) is 0 Å². The molecule has 2 N–H and O–H groups in total. The summed E-state index contributed by atoms with van der Waals surface area (Å²) in [5.41, 5.74) is 1.17. The molecule has 1 saturated heterocycles. The second-order valence-electron chi connectivity index (χ2n) is 6.32. The van der Waals surface area contributed by atoms with Crippen LogP contribution < -0.4 is 10.6 Å². The SMILES string of the molecule is CC1OCCC1Nc1cccc(NC(=O)OC(C)(C)C)c1. The third-order valence-corrected chi connectivity index (χ3v) is 3.24. The van der Waals surface area contributed by atoms with Gasteiger partial charge >= 0.3 is 6.09 Å². The molecular formula is C16H24N2O3. The molecule has 0 bridgehead atoms. The first kappa shape index (κ1) is 15.6. The lowest BCUT2D eigenvalue weighted by Crippen LogP contribution is -2.27. The zero-order valence-corrected chi connectivity index (χ0v) is 13.1. The van der Waals surface area contributed by atoms with Crippen LogP contribution in [0.1, 0.15) is 34.1 Å². The Labute approximate surface area is 126 Å². The van der Waals surface area contributed by atoms with E-state index in [9.17, 15) is 4.79 Å². The van der Waals surface area contributed by atoms with E-state index in [1.807, 2.05) is 45.0 Å². The van der Waals surface area contributed by atoms with Crippen molar-refractivity contribution < 1.29 is 14.3 Å². The molecule has 1 aliphatic rings. The van der Waals surface area contributed by atoms with Gasteiger partial charge in [0.2, 0.25) is 0 Å². The molecule has 5 heteroatoms. The Kier molecular flexibility index (Phi) is 4.73. The zero-order chi connectivity index (χ0) is 15.5. The highest BCUT2D eigenvalue weighted by Gasteiger charge is 2.23. The van der Waals surface area contributed by atoms with Crippen LogP contribution in [0.5, 0.6) is 0 Å². The van der Waals surface area contributed by atoms with Crippen molar-refractivity contribution >= 4 is 17.5 Å². The van der Waals surface area contributed by atoms with Crippen LogP contribution in [0.2, 0.25) is 0 Å². The molecule has 1 heterocycles. The normalized spacial score (nSPS) is 21.9. The number of amides is 1. The first-order chi connectivity index (χ1) is 9.83. The molecule has 2 unspecified atom stereocenters. The number of benzene rings is 1. The van der Waals surface area contributed by atoms with E-state index in [1.165, 1.54) is 0 Å². The van der Waals surface area contributed by atoms with E-state index in [1.54, 1.807) is 0 Å². The number of hydrogen-bond acceptors (Lipinski definition) is 4. The van der Waals surface area contributed by atoms with Gasteiger partial charge in [-0.05, 0) is 52.3 Å². The Morgan fingerprint density at radius 2 is 2.05 bits per heavy atom. The maximum absolute atomic E-state index is 11.8. The lowest BCUT2D eigenvalue weighted by molar-refractivity contribution is 0.0636. The molecule has 1 amide bonds. The summed E-state index contributed by atoms with van der Waals surface area (Å²) in [6.07, 6.45) is 0.745. The van der Waals surface area contributed by atoms with E-state index in [2.05, 4.69) is 17.6 Å². The van der Waals surface area contributed by atoms with E-state index in [-0.39, 0.29) is 6.10 Å². The Balaban J connectivity index is 1.96. The van der Waals surface area contributed by atoms with Crippen LogP contribution >= 0.6 is 0 Å². The fourth-order valence-electron chi connectivity index (χ4n) is 2.24. The summed E-state index contributed by atoms with van der Waals surface area (Å²) in [7, 11) is 0. The fraction of sp³-hybridized carbons (Fsp3) is 0.562. The maximum Gasteiger partial charge on any atom is 0.412 e. The van der Waals surface area contributed by atoms with Crippen molar-refractivity contribution in [3.63, 3.8) is 0 Å². The number of carbonyl (C=O) groups excluding carboxylic acids is 1. The van der Waals surface area contributed by atoms with Crippen LogP contribution in [0.3, 0.4) is 0 Å². The monoisotopic (exact) mass is 292 g/mol. The Morgan fingerprint density at radius 1 is 1.33 bits per heavy atom. The highest BCUT2D eigenvalue weighted by molar-refractivity contribution is 5.85. The van der Waals surface area contributed by atoms with Crippen molar-refractivity contribution in [2.45, 2.75) is 51.9 Å². The summed E-state index contributed by atoms with van der Waals surface area (Å²) in [5.74, 6) is 0. The van der Waals surface area contributed by atoms with Crippen LogP contribution in [-0.2, 0) is 9.47 Å². The molecule has 1 aromatic carbocycles. The molecular weight excluding hydrogens is 268 g/mol. The van der Waals surface area contributed by atoms with Gasteiger partial charge in [0.1, 0.15) is 5.60 Å². The van der Waals surface area contributed by atoms with E-state index in [0.717, 1.165) is 18.7 Å². The van der Waals surface area contributed by atoms with Gasteiger partial charge < -0.3 is 14.8 Å². The van der Waals surface area contributed by atoms with Gasteiger partial charge in [-0.1, -0.05) is 6.07 Å². The fourth-order valence-corrected chi connectivity index (χ4v) is 2.24. The highest BCUT2D eigenvalue weighted by Crippen LogP contribution is 2.21. The minimum absolute atomic E-state index is 0.201. The van der Waals surface area contributed by atoms with E-state index < -0.39 is 11.7 Å². The molecule has 1 aliphatic heterocycles. The highest BCUT2D eigenvalue weighted by atomic mass is 16.6. The Morgan fingerprint density at radius 3 is 2.67 bits per heavy atom. The molecule has 1 fully saturated rings. The molecule has 0 saturated carbocycles. The van der Waals surface area contributed by atoms with Crippen LogP contribution in [0.15, 0.2) is 24.3 Å². The summed E-state index contributed by atoms with van der Waals surface area (Å²) in [5, 5.41) is 6.18. The number of nitrogens with one attached hydrogen (secondary N) is 2. The van der Waals surface area contributed by atoms with Gasteiger partial charge in [0.05, 0.1) is 12.1 Å². The van der Waals surface area contributed by atoms with Gasteiger partial charge in [0, 0.05) is 18.0 Å². The van der Waals surface area contributed by atoms with Crippen LogP contribution in [0.4, 0.5) is 16.2 Å². The number of ether oxygens (including phenoxy) is 2. The lowest BCUT2D eigenvalue weighted by atomic mass is 10.1. The van der Waals surface area contributed by atoms with Crippen molar-refractivity contribution in [2.24, 2.45) is 0 Å². The van der Waals surface area contributed by atoms with Crippen molar-refractivity contribution in [3.05, 3.63) is 24.3 Å². The summed E-state index contributed by atoms with van der Waals surface area (Å²) >= 11 is 0. The van der Waals surface area contributed by atoms with Gasteiger partial charge in [0.25, 0.3) is 0 Å². The summed E-state index contributed by atoms with van der Waals surface area (Å²) in [6.45, 7) is 8.37. The molecule has 116 valence electrons. The van der Waals surface area contributed by atoms with Gasteiger partial charge in [-0.25, -0.2) is 4.79 Å². The second-order valence-corrected chi connectivity index (χ2v) is 6.32. The van der Waals surface area contributed by atoms with E-state index in [0.29, 0.717) is 11.7 Å². The largest absolute Gasteiger partial charge is 0.444 e. The van der Waals surface area contributed by atoms with Crippen LogP contribution in [0.25, 0.3) is 0 Å². The maximum atomic E-state index is 11.8. The average molecular weight is 292 g/mol. The van der Waals surface area contributed by atoms with E-state index in [4.69, 9.17) is 9.47 Å². The van der Waals surface area contributed by atoms with Crippen LogP contribution in [-0.4, -0.2) is 30.4 Å². The van der Waals surface area contributed by atoms with Crippen molar-refractivity contribution in [1.29, 1.82) is 0 Å². The van der Waals surface area contributed by atoms with Gasteiger partial charge in [0.15, 0.2) is 0 Å². The third-order valence-electron chi connectivity index (χ3n) is 3.24. The third kappa shape index (κ3) is 4.93. The Hall–Kier alpha value is -1.75. The Bertz CT molecular complexity index is 497. The zero-order valence-electron chi connectivity index (χ0n) is 13.1. The van der Waals surface area contributed by atoms with Crippen molar-refractivity contribution in [2.75, 3.05) is 17.2 Å². The smallest absolute Gasteiger partial charge is 0.412 e. The molecule has 0 spiro atoms. The minimum Gasteiger partial charge on any atom is -0.444 e. The molecule has 1 aromatic rings. The number of hydrogen-bond donors (Lipinski definition) is 2.